The second-order valence-corrected chi connectivity index (χ2v) is 9.78. The molecule has 2 nitrogen and oxygen atoms in total. The quantitative estimate of drug-likeness (QED) is 0.379. The average molecular weight is 497 g/mol. The zero-order valence-corrected chi connectivity index (χ0v) is 21.8. The highest BCUT2D eigenvalue weighted by atomic mass is 15.2. The van der Waals surface area contributed by atoms with Crippen molar-refractivity contribution >= 4 is 11.4 Å². The van der Waals surface area contributed by atoms with Crippen LogP contribution in [0.1, 0.15) is 13.8 Å². The molecule has 1 aromatic rings. The van der Waals surface area contributed by atoms with Gasteiger partial charge in [0.05, 0.1) is 22.8 Å². The smallest absolute Gasteiger partial charge is 0.0931 e. The summed E-state index contributed by atoms with van der Waals surface area (Å²) in [6.45, 7) is 4.27. The Morgan fingerprint density at radius 3 is 2.26 bits per heavy atom. The van der Waals surface area contributed by atoms with E-state index in [4.69, 9.17) is 0 Å². The Kier molecular flexibility index (Phi) is 5.35. The van der Waals surface area contributed by atoms with Crippen LogP contribution in [0.2, 0.25) is 0 Å². The van der Waals surface area contributed by atoms with Crippen molar-refractivity contribution in [1.82, 2.24) is 0 Å². The molecule has 6 aliphatic rings. The van der Waals surface area contributed by atoms with Crippen LogP contribution in [-0.4, -0.2) is 0 Å². The molecule has 0 unspecified atom stereocenters. The summed E-state index contributed by atoms with van der Waals surface area (Å²) in [7, 11) is 0. The minimum absolute atomic E-state index is 0.964. The summed E-state index contributed by atoms with van der Waals surface area (Å²) >= 11 is 0. The zero-order valence-electron chi connectivity index (χ0n) is 21.8. The van der Waals surface area contributed by atoms with E-state index in [-0.39, 0.29) is 0 Å². The molecule has 4 aliphatic carbocycles. The molecule has 0 spiro atoms. The standard InChI is InChI=1S/C37H24N2/c1-26-12-10-17-33-25-35(26)29-15-9-13-27(2)37(23-29)39(33)32-19-11-18-31(24-32)38-30-16-6-3-5-14-28(22-30)34-20-7-4-8-21-36(34)38/h3-4,6-7,9-21,24H,1-2H3/b16-6-. The molecule has 2 heterocycles. The number of rotatable bonds is 2. The van der Waals surface area contributed by atoms with E-state index in [1.54, 1.807) is 0 Å². The van der Waals surface area contributed by atoms with Crippen molar-refractivity contribution in [1.29, 1.82) is 0 Å². The maximum atomic E-state index is 3.72. The maximum absolute atomic E-state index is 3.72. The first-order chi connectivity index (χ1) is 19.2. The van der Waals surface area contributed by atoms with Crippen molar-refractivity contribution in [3.05, 3.63) is 194 Å². The molecule has 0 atom stereocenters. The van der Waals surface area contributed by atoms with Gasteiger partial charge in [-0.1, -0.05) is 65.8 Å². The topological polar surface area (TPSA) is 6.48 Å². The van der Waals surface area contributed by atoms with Crippen LogP contribution in [0.3, 0.4) is 0 Å². The van der Waals surface area contributed by atoms with Crippen molar-refractivity contribution in [2.24, 2.45) is 0 Å². The van der Waals surface area contributed by atoms with Gasteiger partial charge in [-0.25, -0.2) is 0 Å². The largest absolute Gasteiger partial charge is 0.302 e. The van der Waals surface area contributed by atoms with Gasteiger partial charge in [0.1, 0.15) is 0 Å². The Morgan fingerprint density at radius 1 is 0.641 bits per heavy atom. The van der Waals surface area contributed by atoms with E-state index in [0.717, 1.165) is 62.0 Å². The lowest BCUT2D eigenvalue weighted by Gasteiger charge is -2.32. The molecule has 1 aromatic carbocycles. The number of hydrogen-bond acceptors (Lipinski definition) is 2. The normalized spacial score (nSPS) is 20.6. The summed E-state index contributed by atoms with van der Waals surface area (Å²) in [4.78, 5) is 4.51. The lowest BCUT2D eigenvalue weighted by Crippen LogP contribution is -2.25. The molecule has 0 saturated heterocycles. The van der Waals surface area contributed by atoms with Gasteiger partial charge >= 0.3 is 0 Å². The SMILES string of the molecule is CC1=CC=CC2=C=C1C1=C=C(C(C)=CC=C1)N2c1cccc(N2C3=C=C(C=C=C/C=C\3)C3=C2C=C=CC=C3)c1. The van der Waals surface area contributed by atoms with Gasteiger partial charge in [0.15, 0.2) is 0 Å². The first-order valence-corrected chi connectivity index (χ1v) is 13.0. The van der Waals surface area contributed by atoms with E-state index in [9.17, 15) is 0 Å². The minimum Gasteiger partial charge on any atom is -0.302 e. The maximum Gasteiger partial charge on any atom is 0.0931 e. The molecular weight excluding hydrogens is 472 g/mol. The molecule has 0 fully saturated rings. The molecule has 0 saturated carbocycles. The van der Waals surface area contributed by atoms with Gasteiger partial charge in [-0.05, 0) is 79.6 Å². The highest BCUT2D eigenvalue weighted by Gasteiger charge is 2.26. The number of benzene rings is 1. The van der Waals surface area contributed by atoms with Gasteiger partial charge in [-0.3, -0.25) is 4.90 Å². The fraction of sp³-hybridized carbons (Fsp3) is 0.0541. The van der Waals surface area contributed by atoms with E-state index in [1.165, 1.54) is 5.57 Å². The third-order valence-electron chi connectivity index (χ3n) is 7.22. The average Bonchev–Trinajstić information content (AvgIpc) is 3.42. The van der Waals surface area contributed by atoms with Crippen molar-refractivity contribution in [3.8, 4) is 0 Å². The lowest BCUT2D eigenvalue weighted by molar-refractivity contribution is 1.09. The van der Waals surface area contributed by atoms with Crippen molar-refractivity contribution in [2.75, 3.05) is 9.80 Å². The first kappa shape index (κ1) is 22.8. The summed E-state index contributed by atoms with van der Waals surface area (Å²) in [5, 5.41) is 0. The predicted octanol–water partition coefficient (Wildman–Crippen LogP) is 8.40. The molecule has 182 valence electrons. The van der Waals surface area contributed by atoms with Gasteiger partial charge < -0.3 is 4.90 Å². The molecule has 39 heavy (non-hydrogen) atoms. The number of allylic oxidation sites excluding steroid dienone is 15. The number of nitrogens with zero attached hydrogens (tertiary/aromatic N) is 2. The Balaban J connectivity index is 1.44. The van der Waals surface area contributed by atoms with Crippen LogP contribution >= 0.6 is 0 Å². The lowest BCUT2D eigenvalue weighted by atomic mass is 9.97. The molecule has 7 rings (SSSR count). The molecule has 0 radical (unpaired) electrons. The second kappa shape index (κ2) is 9.16. The van der Waals surface area contributed by atoms with Gasteiger partial charge in [0.2, 0.25) is 0 Å². The van der Waals surface area contributed by atoms with Gasteiger partial charge in [-0.2, -0.15) is 0 Å². The number of fused-ring (bicyclic) bond motifs is 2. The van der Waals surface area contributed by atoms with Crippen molar-refractivity contribution < 1.29 is 0 Å². The molecular formula is C37H24N2. The van der Waals surface area contributed by atoms with Crippen LogP contribution in [0, 0.1) is 0 Å². The van der Waals surface area contributed by atoms with Gasteiger partial charge in [0, 0.05) is 39.7 Å². The molecule has 0 aromatic heterocycles. The highest BCUT2D eigenvalue weighted by molar-refractivity contribution is 5.77. The van der Waals surface area contributed by atoms with Crippen LogP contribution < -0.4 is 9.80 Å². The molecule has 0 N–H and O–H groups in total. The summed E-state index contributed by atoms with van der Waals surface area (Å²) < 4.78 is 0. The Labute approximate surface area is 229 Å². The Hall–Kier alpha value is -5.40. The van der Waals surface area contributed by atoms with Crippen LogP contribution in [0.15, 0.2) is 194 Å². The first-order valence-electron chi connectivity index (χ1n) is 13.0. The third kappa shape index (κ3) is 3.89. The zero-order chi connectivity index (χ0) is 26.3. The number of hydrogen-bond donors (Lipinski definition) is 0. The third-order valence-corrected chi connectivity index (χ3v) is 7.22. The van der Waals surface area contributed by atoms with Gasteiger partial charge in [0.25, 0.3) is 0 Å². The van der Waals surface area contributed by atoms with E-state index in [1.807, 2.05) is 36.5 Å². The number of anilines is 2. The highest BCUT2D eigenvalue weighted by Crippen LogP contribution is 2.40. The fourth-order valence-corrected chi connectivity index (χ4v) is 5.35. The summed E-state index contributed by atoms with van der Waals surface area (Å²) in [6, 6.07) is 8.64. The minimum atomic E-state index is 0.964. The predicted molar refractivity (Wildman–Crippen MR) is 159 cm³/mol. The van der Waals surface area contributed by atoms with Crippen LogP contribution in [0.5, 0.6) is 0 Å². The summed E-state index contributed by atoms with van der Waals surface area (Å²) in [5.74, 6) is 0. The molecule has 2 aliphatic heterocycles. The molecule has 0 amide bonds. The van der Waals surface area contributed by atoms with Crippen molar-refractivity contribution in [2.45, 2.75) is 13.8 Å². The molecule has 2 heteroatoms. The second-order valence-electron chi connectivity index (χ2n) is 9.78. The Morgan fingerprint density at radius 2 is 1.36 bits per heavy atom. The van der Waals surface area contributed by atoms with E-state index < -0.39 is 0 Å². The van der Waals surface area contributed by atoms with E-state index in [0.29, 0.717) is 0 Å². The summed E-state index contributed by atoms with van der Waals surface area (Å²) in [5.41, 5.74) is 30.2. The Bertz CT molecular complexity index is 1930. The monoisotopic (exact) mass is 496 g/mol. The van der Waals surface area contributed by atoms with E-state index in [2.05, 4.69) is 125 Å². The van der Waals surface area contributed by atoms with Crippen LogP contribution in [-0.2, 0) is 0 Å². The van der Waals surface area contributed by atoms with Gasteiger partial charge in [-0.15, -0.1) is 11.5 Å². The van der Waals surface area contributed by atoms with E-state index >= 15 is 0 Å². The van der Waals surface area contributed by atoms with Crippen LogP contribution in [0.25, 0.3) is 0 Å². The van der Waals surface area contributed by atoms with Crippen LogP contribution in [0.4, 0.5) is 11.4 Å². The van der Waals surface area contributed by atoms with Crippen molar-refractivity contribution in [3.63, 3.8) is 0 Å². The fourth-order valence-electron chi connectivity index (χ4n) is 5.35. The molecule has 6 bridgehead atoms. The summed E-state index contributed by atoms with van der Waals surface area (Å²) in [6.07, 6.45) is 28.9.